The van der Waals surface area contributed by atoms with Gasteiger partial charge in [-0.1, -0.05) is 48.6 Å². The smallest absolute Gasteiger partial charge is 0.252 e. The van der Waals surface area contributed by atoms with Gasteiger partial charge in [-0.25, -0.2) is 4.98 Å². The third-order valence-electron chi connectivity index (χ3n) is 6.31. The third kappa shape index (κ3) is 6.30. The van der Waals surface area contributed by atoms with E-state index in [0.717, 1.165) is 38.2 Å². The zero-order valence-corrected chi connectivity index (χ0v) is 18.8. The van der Waals surface area contributed by atoms with Crippen molar-refractivity contribution in [1.29, 1.82) is 0 Å². The van der Waals surface area contributed by atoms with Gasteiger partial charge in [0.25, 0.3) is 5.91 Å². The van der Waals surface area contributed by atoms with E-state index in [-0.39, 0.29) is 5.91 Å². The van der Waals surface area contributed by atoms with Gasteiger partial charge in [0.2, 0.25) is 0 Å². The highest BCUT2D eigenvalue weighted by atomic mass is 16.1. The van der Waals surface area contributed by atoms with Crippen LogP contribution in [0.25, 0.3) is 0 Å². The Morgan fingerprint density at radius 2 is 1.88 bits per heavy atom. The van der Waals surface area contributed by atoms with Gasteiger partial charge in [0.1, 0.15) is 5.82 Å². The van der Waals surface area contributed by atoms with E-state index in [1.807, 2.05) is 18.2 Å². The lowest BCUT2D eigenvalue weighted by atomic mass is 9.85. The molecule has 2 N–H and O–H groups in total. The fraction of sp³-hybridized carbons (Fsp3) is 0.407. The summed E-state index contributed by atoms with van der Waals surface area (Å²) in [5.41, 5.74) is 3.25. The standard InChI is InChI=1S/C27H34N4O/c32-27(24-13-14-26(30-21-24)28-17-20-31-18-7-8-19-31)29-16-15-25(22-9-3-1-4-10-22)23-11-5-2-6-12-23/h1,3-5,9-14,21,25H,2,6-8,15-20H2,(H,28,30)(H,29,32). The highest BCUT2D eigenvalue weighted by molar-refractivity contribution is 5.94. The van der Waals surface area contributed by atoms with Gasteiger partial charge in [-0.3, -0.25) is 4.79 Å². The molecule has 1 unspecified atom stereocenters. The summed E-state index contributed by atoms with van der Waals surface area (Å²) in [4.78, 5) is 19.5. The van der Waals surface area contributed by atoms with E-state index < -0.39 is 0 Å². The summed E-state index contributed by atoms with van der Waals surface area (Å²) < 4.78 is 0. The number of amides is 1. The van der Waals surface area contributed by atoms with E-state index in [1.165, 1.54) is 37.1 Å². The summed E-state index contributed by atoms with van der Waals surface area (Å²) in [6, 6.07) is 14.3. The predicted octanol–water partition coefficient (Wildman–Crippen LogP) is 4.77. The van der Waals surface area contributed by atoms with Crippen molar-refractivity contribution >= 4 is 11.7 Å². The molecule has 0 bridgehead atoms. The van der Waals surface area contributed by atoms with Gasteiger partial charge >= 0.3 is 0 Å². The largest absolute Gasteiger partial charge is 0.369 e. The number of nitrogens with zero attached hydrogens (tertiary/aromatic N) is 2. The molecule has 5 nitrogen and oxygen atoms in total. The summed E-state index contributed by atoms with van der Waals surface area (Å²) in [7, 11) is 0. The molecule has 4 rings (SSSR count). The van der Waals surface area contributed by atoms with Gasteiger partial charge in [-0.15, -0.1) is 0 Å². The average Bonchev–Trinajstić information content (AvgIpc) is 3.37. The second-order valence-electron chi connectivity index (χ2n) is 8.60. The van der Waals surface area contributed by atoms with Crippen LogP contribution < -0.4 is 10.6 Å². The van der Waals surface area contributed by atoms with E-state index >= 15 is 0 Å². The highest BCUT2D eigenvalue weighted by Crippen LogP contribution is 2.30. The minimum absolute atomic E-state index is 0.0684. The van der Waals surface area contributed by atoms with E-state index in [0.29, 0.717) is 18.0 Å². The van der Waals surface area contributed by atoms with Crippen LogP contribution in [0.1, 0.15) is 53.9 Å². The zero-order valence-electron chi connectivity index (χ0n) is 18.8. The van der Waals surface area contributed by atoms with Crippen molar-refractivity contribution in [2.45, 2.75) is 38.0 Å². The lowest BCUT2D eigenvalue weighted by molar-refractivity contribution is 0.0952. The van der Waals surface area contributed by atoms with Crippen LogP contribution in [0.2, 0.25) is 0 Å². The number of anilines is 1. The van der Waals surface area contributed by atoms with Crippen LogP contribution in [0.3, 0.4) is 0 Å². The maximum Gasteiger partial charge on any atom is 0.252 e. The van der Waals surface area contributed by atoms with Gasteiger partial charge in [0.15, 0.2) is 0 Å². The van der Waals surface area contributed by atoms with Gasteiger partial charge in [0.05, 0.1) is 5.56 Å². The lowest BCUT2D eigenvalue weighted by Crippen LogP contribution is -2.27. The number of rotatable bonds is 10. The number of aromatic nitrogens is 1. The Morgan fingerprint density at radius 1 is 1.03 bits per heavy atom. The minimum atomic E-state index is -0.0684. The number of allylic oxidation sites excluding steroid dienone is 4. The Kier molecular flexibility index (Phi) is 8.10. The van der Waals surface area contributed by atoms with Crippen molar-refractivity contribution in [3.63, 3.8) is 0 Å². The molecule has 1 aliphatic heterocycles. The van der Waals surface area contributed by atoms with Crippen LogP contribution in [-0.4, -0.2) is 48.5 Å². The number of carbonyl (C=O) groups excluding carboxylic acids is 1. The summed E-state index contributed by atoms with van der Waals surface area (Å²) in [6.45, 7) is 4.95. The Morgan fingerprint density at radius 3 is 2.59 bits per heavy atom. The Labute approximate surface area is 191 Å². The Bertz CT molecular complexity index is 914. The van der Waals surface area contributed by atoms with Crippen LogP contribution in [0.5, 0.6) is 0 Å². The number of benzene rings is 1. The number of pyridine rings is 1. The molecule has 1 fully saturated rings. The first-order chi connectivity index (χ1) is 15.8. The maximum atomic E-state index is 12.6. The van der Waals surface area contributed by atoms with Crippen LogP contribution in [0, 0.1) is 0 Å². The second kappa shape index (κ2) is 11.6. The van der Waals surface area contributed by atoms with E-state index in [4.69, 9.17) is 0 Å². The first-order valence-corrected chi connectivity index (χ1v) is 11.9. The fourth-order valence-electron chi connectivity index (χ4n) is 4.52. The molecule has 1 atom stereocenters. The number of carbonyl (C=O) groups is 1. The molecule has 0 radical (unpaired) electrons. The highest BCUT2D eigenvalue weighted by Gasteiger charge is 2.17. The molecule has 1 aliphatic carbocycles. The third-order valence-corrected chi connectivity index (χ3v) is 6.31. The molecule has 0 spiro atoms. The van der Waals surface area contributed by atoms with Gasteiger partial charge < -0.3 is 15.5 Å². The normalized spacial score (nSPS) is 17.1. The van der Waals surface area contributed by atoms with Crippen LogP contribution in [-0.2, 0) is 0 Å². The average molecular weight is 431 g/mol. The first-order valence-electron chi connectivity index (χ1n) is 11.9. The summed E-state index contributed by atoms with van der Waals surface area (Å²) in [6.07, 6.45) is 14.2. The molecule has 2 aromatic rings. The van der Waals surface area contributed by atoms with Crippen molar-refractivity contribution in [3.05, 3.63) is 83.6 Å². The van der Waals surface area contributed by atoms with Crippen LogP contribution in [0.4, 0.5) is 5.82 Å². The quantitative estimate of drug-likeness (QED) is 0.570. The topological polar surface area (TPSA) is 57.3 Å². The van der Waals surface area contributed by atoms with Crippen LogP contribution >= 0.6 is 0 Å². The number of hydrogen-bond donors (Lipinski definition) is 2. The fourth-order valence-corrected chi connectivity index (χ4v) is 4.52. The molecule has 1 amide bonds. The van der Waals surface area contributed by atoms with Gasteiger partial charge in [-0.05, 0) is 68.5 Å². The number of likely N-dealkylation sites (tertiary alicyclic amines) is 1. The SMILES string of the molecule is O=C(NCCC(C1=CCCC=C1)c1ccccc1)c1ccc(NCCN2CCCC2)nc1. The lowest BCUT2D eigenvalue weighted by Gasteiger charge is -2.21. The van der Waals surface area contributed by atoms with Gasteiger partial charge in [0, 0.05) is 31.7 Å². The molecule has 1 aromatic heterocycles. The minimum Gasteiger partial charge on any atom is -0.369 e. The molecule has 5 heteroatoms. The molecule has 32 heavy (non-hydrogen) atoms. The molecule has 2 heterocycles. The molecule has 0 saturated carbocycles. The Balaban J connectivity index is 1.26. The van der Waals surface area contributed by atoms with E-state index in [1.54, 1.807) is 6.20 Å². The van der Waals surface area contributed by atoms with Crippen LogP contribution in [0.15, 0.2) is 72.5 Å². The van der Waals surface area contributed by atoms with Crippen molar-refractivity contribution in [2.75, 3.05) is 38.0 Å². The number of hydrogen-bond acceptors (Lipinski definition) is 4. The van der Waals surface area contributed by atoms with Crippen molar-refractivity contribution < 1.29 is 4.79 Å². The van der Waals surface area contributed by atoms with Gasteiger partial charge in [-0.2, -0.15) is 0 Å². The molecular weight excluding hydrogens is 396 g/mol. The van der Waals surface area contributed by atoms with Crippen molar-refractivity contribution in [2.24, 2.45) is 0 Å². The first kappa shape index (κ1) is 22.3. The Hall–Kier alpha value is -2.92. The zero-order chi connectivity index (χ0) is 22.0. The van der Waals surface area contributed by atoms with E-state index in [9.17, 15) is 4.79 Å². The molecule has 2 aliphatic rings. The molecular formula is C27H34N4O. The maximum absolute atomic E-state index is 12.6. The number of nitrogens with one attached hydrogen (secondary N) is 2. The monoisotopic (exact) mass is 430 g/mol. The molecule has 1 aromatic carbocycles. The predicted molar refractivity (Wildman–Crippen MR) is 131 cm³/mol. The second-order valence-corrected chi connectivity index (χ2v) is 8.60. The molecule has 168 valence electrons. The summed E-state index contributed by atoms with van der Waals surface area (Å²) in [5, 5.41) is 6.43. The summed E-state index contributed by atoms with van der Waals surface area (Å²) in [5.74, 6) is 1.05. The van der Waals surface area contributed by atoms with E-state index in [2.05, 4.69) is 63.0 Å². The van der Waals surface area contributed by atoms with Crippen molar-refractivity contribution in [1.82, 2.24) is 15.2 Å². The van der Waals surface area contributed by atoms with Crippen molar-refractivity contribution in [3.8, 4) is 0 Å². The molecule has 1 saturated heterocycles. The summed E-state index contributed by atoms with van der Waals surface area (Å²) >= 11 is 0.